The van der Waals surface area contributed by atoms with Gasteiger partial charge in [-0.3, -0.25) is 4.79 Å². The van der Waals surface area contributed by atoms with Crippen LogP contribution in [-0.4, -0.2) is 48.8 Å². The minimum atomic E-state index is -0.987. The summed E-state index contributed by atoms with van der Waals surface area (Å²) >= 11 is 0. The topological polar surface area (TPSA) is 87.7 Å². The third-order valence-electron chi connectivity index (χ3n) is 3.52. The van der Waals surface area contributed by atoms with Crippen LogP contribution in [-0.2, 0) is 14.3 Å². The molecule has 4 unspecified atom stereocenters. The van der Waals surface area contributed by atoms with Crippen molar-refractivity contribution in [2.24, 2.45) is 5.92 Å². The Labute approximate surface area is 107 Å². The van der Waals surface area contributed by atoms with E-state index in [1.807, 2.05) is 13.8 Å². The lowest BCUT2D eigenvalue weighted by molar-refractivity contribution is -0.143. The molecule has 0 radical (unpaired) electrons. The smallest absolute Gasteiger partial charge is 0.326 e. The Bertz CT molecular complexity index is 308. The Hall–Kier alpha value is -1.14. The molecule has 0 aromatic heterocycles. The highest BCUT2D eigenvalue weighted by Gasteiger charge is 2.33. The predicted octanol–water partition coefficient (Wildman–Crippen LogP) is -0.0212. The third-order valence-corrected chi connectivity index (χ3v) is 3.52. The van der Waals surface area contributed by atoms with Gasteiger partial charge in [-0.1, -0.05) is 20.3 Å². The Balaban J connectivity index is 2.54. The minimum absolute atomic E-state index is 0.0210. The summed E-state index contributed by atoms with van der Waals surface area (Å²) < 4.78 is 5.15. The molecule has 1 aliphatic heterocycles. The maximum Gasteiger partial charge on any atom is 0.326 e. The van der Waals surface area contributed by atoms with Gasteiger partial charge in [0.1, 0.15) is 6.04 Å². The zero-order valence-corrected chi connectivity index (χ0v) is 11.1. The molecule has 1 heterocycles. The number of ether oxygens (including phenoxy) is 1. The standard InChI is InChI=1S/C12H22N2O4/c1-4-7(2)10(12(16)17)14-11(15)9-5-8(18-3)6-13-9/h7-10,13H,4-6H2,1-3H3,(H,14,15)(H,16,17). The van der Waals surface area contributed by atoms with Gasteiger partial charge in [-0.25, -0.2) is 4.79 Å². The quantitative estimate of drug-likeness (QED) is 0.623. The van der Waals surface area contributed by atoms with Crippen molar-refractivity contribution >= 4 is 11.9 Å². The van der Waals surface area contributed by atoms with Crippen LogP contribution in [0.15, 0.2) is 0 Å². The molecule has 0 bridgehead atoms. The molecule has 18 heavy (non-hydrogen) atoms. The number of amides is 1. The molecular formula is C12H22N2O4. The minimum Gasteiger partial charge on any atom is -0.480 e. The van der Waals surface area contributed by atoms with Gasteiger partial charge in [-0.05, 0) is 12.3 Å². The van der Waals surface area contributed by atoms with Crippen molar-refractivity contribution < 1.29 is 19.4 Å². The highest BCUT2D eigenvalue weighted by Crippen LogP contribution is 2.12. The molecule has 1 rings (SSSR count). The van der Waals surface area contributed by atoms with E-state index in [0.717, 1.165) is 0 Å². The predicted molar refractivity (Wildman–Crippen MR) is 66.2 cm³/mol. The number of carboxylic acids is 1. The maximum atomic E-state index is 11.9. The van der Waals surface area contributed by atoms with Gasteiger partial charge in [0.15, 0.2) is 0 Å². The van der Waals surface area contributed by atoms with Gasteiger partial charge in [0.05, 0.1) is 12.1 Å². The van der Waals surface area contributed by atoms with E-state index in [-0.39, 0.29) is 24.0 Å². The Kier molecular flexibility index (Phi) is 5.55. The number of rotatable bonds is 6. The fraction of sp³-hybridized carbons (Fsp3) is 0.833. The van der Waals surface area contributed by atoms with Crippen LogP contribution < -0.4 is 10.6 Å². The molecule has 1 saturated heterocycles. The fourth-order valence-corrected chi connectivity index (χ4v) is 2.02. The second kappa shape index (κ2) is 6.70. The number of hydrogen-bond acceptors (Lipinski definition) is 4. The van der Waals surface area contributed by atoms with E-state index < -0.39 is 12.0 Å². The Morgan fingerprint density at radius 1 is 1.56 bits per heavy atom. The van der Waals surface area contributed by atoms with Crippen molar-refractivity contribution in [2.75, 3.05) is 13.7 Å². The normalized spacial score (nSPS) is 26.6. The van der Waals surface area contributed by atoms with E-state index in [1.54, 1.807) is 7.11 Å². The highest BCUT2D eigenvalue weighted by atomic mass is 16.5. The van der Waals surface area contributed by atoms with Crippen LogP contribution in [0.25, 0.3) is 0 Å². The summed E-state index contributed by atoms with van der Waals surface area (Å²) in [7, 11) is 1.60. The molecule has 6 nitrogen and oxygen atoms in total. The Morgan fingerprint density at radius 3 is 2.67 bits per heavy atom. The van der Waals surface area contributed by atoms with Crippen LogP contribution in [0.4, 0.5) is 0 Å². The van der Waals surface area contributed by atoms with Gasteiger partial charge < -0.3 is 20.5 Å². The first kappa shape index (κ1) is 14.9. The van der Waals surface area contributed by atoms with Gasteiger partial charge in [0.2, 0.25) is 5.91 Å². The van der Waals surface area contributed by atoms with Crippen LogP contribution in [0.5, 0.6) is 0 Å². The SMILES string of the molecule is CCC(C)C(NC(=O)C1CC(OC)CN1)C(=O)O. The molecule has 1 fully saturated rings. The van der Waals surface area contributed by atoms with Gasteiger partial charge in [0, 0.05) is 13.7 Å². The molecule has 0 spiro atoms. The zero-order chi connectivity index (χ0) is 13.7. The molecule has 1 amide bonds. The van der Waals surface area contributed by atoms with Crippen LogP contribution in [0.1, 0.15) is 26.7 Å². The lowest BCUT2D eigenvalue weighted by Crippen LogP contribution is -2.50. The van der Waals surface area contributed by atoms with E-state index in [2.05, 4.69) is 10.6 Å². The van der Waals surface area contributed by atoms with Crippen LogP contribution in [0, 0.1) is 5.92 Å². The van der Waals surface area contributed by atoms with E-state index in [4.69, 9.17) is 9.84 Å². The zero-order valence-electron chi connectivity index (χ0n) is 11.1. The largest absolute Gasteiger partial charge is 0.480 e. The molecule has 0 aliphatic carbocycles. The molecule has 0 aromatic rings. The van der Waals surface area contributed by atoms with Crippen molar-refractivity contribution in [1.29, 1.82) is 0 Å². The summed E-state index contributed by atoms with van der Waals surface area (Å²) in [6, 6.07) is -1.19. The third kappa shape index (κ3) is 3.68. The van der Waals surface area contributed by atoms with E-state index in [0.29, 0.717) is 19.4 Å². The van der Waals surface area contributed by atoms with E-state index in [9.17, 15) is 9.59 Å². The first-order valence-corrected chi connectivity index (χ1v) is 6.28. The summed E-state index contributed by atoms with van der Waals surface area (Å²) in [5.74, 6) is -1.34. The van der Waals surface area contributed by atoms with Gasteiger partial charge in [0.25, 0.3) is 0 Å². The monoisotopic (exact) mass is 258 g/mol. The highest BCUT2D eigenvalue weighted by molar-refractivity contribution is 5.87. The summed E-state index contributed by atoms with van der Waals surface area (Å²) in [5.41, 5.74) is 0. The second-order valence-corrected chi connectivity index (χ2v) is 4.76. The van der Waals surface area contributed by atoms with Crippen LogP contribution in [0.2, 0.25) is 0 Å². The number of hydrogen-bond donors (Lipinski definition) is 3. The van der Waals surface area contributed by atoms with E-state index in [1.165, 1.54) is 0 Å². The molecular weight excluding hydrogens is 236 g/mol. The fourth-order valence-electron chi connectivity index (χ4n) is 2.02. The van der Waals surface area contributed by atoms with Gasteiger partial charge in [-0.15, -0.1) is 0 Å². The van der Waals surface area contributed by atoms with Crippen molar-refractivity contribution in [3.05, 3.63) is 0 Å². The summed E-state index contributed by atoms with van der Waals surface area (Å²) in [6.45, 7) is 4.34. The molecule has 1 aliphatic rings. The number of carbonyl (C=O) groups is 2. The number of carbonyl (C=O) groups excluding carboxylic acids is 1. The number of carboxylic acid groups (broad SMARTS) is 1. The van der Waals surface area contributed by atoms with Gasteiger partial charge >= 0.3 is 5.97 Å². The summed E-state index contributed by atoms with van der Waals surface area (Å²) in [4.78, 5) is 23.1. The number of nitrogens with one attached hydrogen (secondary N) is 2. The summed E-state index contributed by atoms with van der Waals surface area (Å²) in [5, 5.41) is 14.7. The van der Waals surface area contributed by atoms with Crippen molar-refractivity contribution in [1.82, 2.24) is 10.6 Å². The molecule has 6 heteroatoms. The molecule has 3 N–H and O–H groups in total. The van der Waals surface area contributed by atoms with Crippen LogP contribution >= 0.6 is 0 Å². The number of methoxy groups -OCH3 is 1. The molecule has 4 atom stereocenters. The first-order chi connectivity index (χ1) is 8.49. The average Bonchev–Trinajstić information content (AvgIpc) is 2.83. The Morgan fingerprint density at radius 2 is 2.22 bits per heavy atom. The van der Waals surface area contributed by atoms with Crippen LogP contribution in [0.3, 0.4) is 0 Å². The van der Waals surface area contributed by atoms with Crippen molar-refractivity contribution in [3.8, 4) is 0 Å². The molecule has 0 saturated carbocycles. The number of aliphatic carboxylic acids is 1. The summed E-state index contributed by atoms with van der Waals surface area (Å²) in [6.07, 6.45) is 1.30. The van der Waals surface area contributed by atoms with E-state index >= 15 is 0 Å². The first-order valence-electron chi connectivity index (χ1n) is 6.28. The molecule has 0 aromatic carbocycles. The average molecular weight is 258 g/mol. The van der Waals surface area contributed by atoms with Crippen molar-refractivity contribution in [2.45, 2.75) is 44.9 Å². The second-order valence-electron chi connectivity index (χ2n) is 4.76. The van der Waals surface area contributed by atoms with Crippen molar-refractivity contribution in [3.63, 3.8) is 0 Å². The lowest BCUT2D eigenvalue weighted by atomic mass is 9.99. The lowest BCUT2D eigenvalue weighted by Gasteiger charge is -2.22. The molecule has 104 valence electrons. The van der Waals surface area contributed by atoms with Gasteiger partial charge in [-0.2, -0.15) is 0 Å². The maximum absolute atomic E-state index is 11.9.